The maximum atomic E-state index is 10.2. The Labute approximate surface area is 148 Å². The first kappa shape index (κ1) is 25.5. The summed E-state index contributed by atoms with van der Waals surface area (Å²) in [7, 11) is 0. The van der Waals surface area contributed by atoms with Crippen LogP contribution in [0.1, 0.15) is 47.0 Å². The molecule has 1 aliphatic rings. The molecule has 0 spiro atoms. The summed E-state index contributed by atoms with van der Waals surface area (Å²) in [6.45, 7) is 8.17. The number of carboxylic acids is 3. The van der Waals surface area contributed by atoms with Crippen LogP contribution in [0.15, 0.2) is 0 Å². The molecule has 1 aliphatic heterocycles. The first-order valence-electron chi connectivity index (χ1n) is 8.38. The zero-order valence-electron chi connectivity index (χ0n) is 15.4. The average molecular weight is 363 g/mol. The standard InChI is InChI=1S/C6H13NO2.C5H9NO2.C5H11NO2/c1-3-4(2)5(7)6(8)9;7-5(8)4-2-1-3-6-4;1-3(2)4(6)5(7)8/h4-5H,3,7H2,1-2H3,(H,8,9);4,6H,1-3H2,(H,7,8);3-4H,6H2,1-2H3,(H,7,8)/t;4-;/m.0./s1. The average Bonchev–Trinajstić information content (AvgIpc) is 3.08. The van der Waals surface area contributed by atoms with Crippen LogP contribution < -0.4 is 16.8 Å². The third-order valence-corrected chi connectivity index (χ3v) is 3.90. The lowest BCUT2D eigenvalue weighted by atomic mass is 10.0. The summed E-state index contributed by atoms with van der Waals surface area (Å²) in [5.41, 5.74) is 10.4. The van der Waals surface area contributed by atoms with Crippen molar-refractivity contribution < 1.29 is 29.7 Å². The van der Waals surface area contributed by atoms with E-state index in [9.17, 15) is 14.4 Å². The zero-order valence-corrected chi connectivity index (χ0v) is 15.4. The molecule has 0 aromatic heterocycles. The van der Waals surface area contributed by atoms with Crippen molar-refractivity contribution in [2.75, 3.05) is 6.54 Å². The van der Waals surface area contributed by atoms with Gasteiger partial charge in [-0.1, -0.05) is 34.1 Å². The molecule has 3 unspecified atom stereocenters. The molecule has 0 aromatic carbocycles. The predicted octanol–water partition coefficient (Wildman–Crippen LogP) is 0.322. The molecule has 1 rings (SSSR count). The molecular formula is C16H33N3O6. The van der Waals surface area contributed by atoms with Gasteiger partial charge in [0.2, 0.25) is 0 Å². The van der Waals surface area contributed by atoms with E-state index in [2.05, 4.69) is 5.32 Å². The van der Waals surface area contributed by atoms with Crippen molar-refractivity contribution in [3.8, 4) is 0 Å². The molecular weight excluding hydrogens is 330 g/mol. The molecule has 9 nitrogen and oxygen atoms in total. The van der Waals surface area contributed by atoms with Gasteiger partial charge in [0.15, 0.2) is 0 Å². The minimum atomic E-state index is -0.931. The summed E-state index contributed by atoms with van der Waals surface area (Å²) < 4.78 is 0. The summed E-state index contributed by atoms with van der Waals surface area (Å²) in [4.78, 5) is 30.3. The van der Waals surface area contributed by atoms with Crippen molar-refractivity contribution in [2.45, 2.75) is 65.1 Å². The number of nitrogens with one attached hydrogen (secondary N) is 1. The van der Waals surface area contributed by atoms with E-state index in [0.717, 1.165) is 25.8 Å². The maximum Gasteiger partial charge on any atom is 0.320 e. The van der Waals surface area contributed by atoms with Crippen LogP contribution in [0.3, 0.4) is 0 Å². The van der Waals surface area contributed by atoms with E-state index in [1.54, 1.807) is 13.8 Å². The Balaban J connectivity index is 0. The van der Waals surface area contributed by atoms with Crippen molar-refractivity contribution in [1.82, 2.24) is 5.32 Å². The summed E-state index contributed by atoms with van der Waals surface area (Å²) in [6.07, 6.45) is 2.60. The number of aliphatic carboxylic acids is 3. The second-order valence-corrected chi connectivity index (χ2v) is 6.34. The van der Waals surface area contributed by atoms with Crippen LogP contribution in [0.25, 0.3) is 0 Å². The van der Waals surface area contributed by atoms with Gasteiger partial charge in [0.25, 0.3) is 0 Å². The van der Waals surface area contributed by atoms with Gasteiger partial charge >= 0.3 is 17.9 Å². The molecule has 1 saturated heterocycles. The van der Waals surface area contributed by atoms with Crippen molar-refractivity contribution in [3.05, 3.63) is 0 Å². The Morgan fingerprint density at radius 2 is 1.52 bits per heavy atom. The van der Waals surface area contributed by atoms with Crippen LogP contribution in [-0.2, 0) is 14.4 Å². The Kier molecular flexibility index (Phi) is 13.9. The van der Waals surface area contributed by atoms with E-state index >= 15 is 0 Å². The highest BCUT2D eigenvalue weighted by atomic mass is 16.4. The van der Waals surface area contributed by atoms with E-state index in [-0.39, 0.29) is 17.9 Å². The van der Waals surface area contributed by atoms with Gasteiger partial charge in [0.05, 0.1) is 0 Å². The molecule has 148 valence electrons. The monoisotopic (exact) mass is 363 g/mol. The molecule has 0 aromatic rings. The van der Waals surface area contributed by atoms with E-state index in [1.165, 1.54) is 0 Å². The highest BCUT2D eigenvalue weighted by molar-refractivity contribution is 5.74. The quantitative estimate of drug-likeness (QED) is 0.388. The minimum absolute atomic E-state index is 0.0208. The smallest absolute Gasteiger partial charge is 0.320 e. The Morgan fingerprint density at radius 1 is 1.04 bits per heavy atom. The Morgan fingerprint density at radius 3 is 1.64 bits per heavy atom. The summed E-state index contributed by atoms with van der Waals surface area (Å²) in [5.74, 6) is -2.47. The highest BCUT2D eigenvalue weighted by Gasteiger charge is 2.20. The Hall–Kier alpha value is -1.71. The first-order valence-corrected chi connectivity index (χ1v) is 8.38. The van der Waals surface area contributed by atoms with E-state index in [1.807, 2.05) is 13.8 Å². The largest absolute Gasteiger partial charge is 0.480 e. The van der Waals surface area contributed by atoms with Crippen LogP contribution in [0.4, 0.5) is 0 Å². The van der Waals surface area contributed by atoms with Gasteiger partial charge in [-0.2, -0.15) is 0 Å². The Bertz CT molecular complexity index is 399. The van der Waals surface area contributed by atoms with Crippen LogP contribution in [0, 0.1) is 11.8 Å². The van der Waals surface area contributed by atoms with Gasteiger partial charge in [-0.05, 0) is 31.2 Å². The molecule has 0 bridgehead atoms. The SMILES string of the molecule is CC(C)C(N)C(=O)O.CCC(C)C(N)C(=O)O.O=C(O)[C@@H]1CCCN1. The second-order valence-electron chi connectivity index (χ2n) is 6.34. The summed E-state index contributed by atoms with van der Waals surface area (Å²) in [5, 5.41) is 27.8. The summed E-state index contributed by atoms with van der Waals surface area (Å²) >= 11 is 0. The molecule has 0 saturated carbocycles. The fourth-order valence-corrected chi connectivity index (χ4v) is 1.68. The molecule has 0 aliphatic carbocycles. The second kappa shape index (κ2) is 13.6. The van der Waals surface area contributed by atoms with Crippen LogP contribution in [-0.4, -0.2) is 57.9 Å². The molecule has 9 heteroatoms. The number of nitrogens with two attached hydrogens (primary N) is 2. The molecule has 1 heterocycles. The van der Waals surface area contributed by atoms with Crippen LogP contribution >= 0.6 is 0 Å². The zero-order chi connectivity index (χ0) is 20.2. The van der Waals surface area contributed by atoms with Gasteiger partial charge < -0.3 is 32.1 Å². The van der Waals surface area contributed by atoms with Crippen molar-refractivity contribution in [3.63, 3.8) is 0 Å². The molecule has 0 radical (unpaired) electrons. The van der Waals surface area contributed by atoms with Gasteiger partial charge in [-0.3, -0.25) is 14.4 Å². The third-order valence-electron chi connectivity index (χ3n) is 3.90. The van der Waals surface area contributed by atoms with E-state index < -0.39 is 30.0 Å². The van der Waals surface area contributed by atoms with E-state index in [0.29, 0.717) is 0 Å². The van der Waals surface area contributed by atoms with Gasteiger partial charge in [0.1, 0.15) is 18.1 Å². The molecule has 25 heavy (non-hydrogen) atoms. The highest BCUT2D eigenvalue weighted by Crippen LogP contribution is 2.04. The number of hydrogen-bond donors (Lipinski definition) is 6. The minimum Gasteiger partial charge on any atom is -0.480 e. The van der Waals surface area contributed by atoms with Gasteiger partial charge in [-0.25, -0.2) is 0 Å². The lowest BCUT2D eigenvalue weighted by Gasteiger charge is -2.11. The van der Waals surface area contributed by atoms with Crippen molar-refractivity contribution >= 4 is 17.9 Å². The molecule has 4 atom stereocenters. The first-order chi connectivity index (χ1) is 11.4. The lowest BCUT2D eigenvalue weighted by Crippen LogP contribution is -2.36. The van der Waals surface area contributed by atoms with Gasteiger partial charge in [0, 0.05) is 0 Å². The summed E-state index contributed by atoms with van der Waals surface area (Å²) in [6, 6.07) is -1.68. The van der Waals surface area contributed by atoms with Gasteiger partial charge in [-0.15, -0.1) is 0 Å². The van der Waals surface area contributed by atoms with E-state index in [4.69, 9.17) is 26.8 Å². The van der Waals surface area contributed by atoms with Crippen molar-refractivity contribution in [1.29, 1.82) is 0 Å². The number of hydrogen-bond acceptors (Lipinski definition) is 6. The normalized spacial score (nSPS) is 19.6. The third kappa shape index (κ3) is 12.3. The number of carbonyl (C=O) groups is 3. The fourth-order valence-electron chi connectivity index (χ4n) is 1.68. The molecule has 8 N–H and O–H groups in total. The number of carboxylic acid groups (broad SMARTS) is 3. The molecule has 1 fully saturated rings. The van der Waals surface area contributed by atoms with Crippen molar-refractivity contribution in [2.24, 2.45) is 23.3 Å². The van der Waals surface area contributed by atoms with Crippen LogP contribution in [0.2, 0.25) is 0 Å². The maximum absolute atomic E-state index is 10.2. The van der Waals surface area contributed by atoms with Crippen LogP contribution in [0.5, 0.6) is 0 Å². The molecule has 0 amide bonds. The topological polar surface area (TPSA) is 176 Å². The number of rotatable bonds is 6. The predicted molar refractivity (Wildman–Crippen MR) is 94.2 cm³/mol. The fraction of sp³-hybridized carbons (Fsp3) is 0.812. The lowest BCUT2D eigenvalue weighted by molar-refractivity contribution is -0.140.